The zero-order valence-electron chi connectivity index (χ0n) is 14.0. The lowest BCUT2D eigenvalue weighted by molar-refractivity contribution is -0.0282. The minimum absolute atomic E-state index is 0.0644. The maximum atomic E-state index is 11.8. The van der Waals surface area contributed by atoms with Crippen LogP contribution in [0.15, 0.2) is 6.33 Å². The highest BCUT2D eigenvalue weighted by molar-refractivity contribution is 7.52. The topological polar surface area (TPSA) is 177 Å². The van der Waals surface area contributed by atoms with Gasteiger partial charge in [0.1, 0.15) is 11.6 Å². The van der Waals surface area contributed by atoms with Crippen molar-refractivity contribution in [2.24, 2.45) is 11.3 Å². The van der Waals surface area contributed by atoms with Gasteiger partial charge in [-0.1, -0.05) is 0 Å². The number of halogens is 1. The van der Waals surface area contributed by atoms with E-state index in [9.17, 15) is 19.7 Å². The van der Waals surface area contributed by atoms with Crippen LogP contribution < -0.4 is 5.73 Å². The van der Waals surface area contributed by atoms with E-state index in [4.69, 9.17) is 27.0 Å². The molecule has 0 bridgehead atoms. The maximum absolute atomic E-state index is 11.8. The van der Waals surface area contributed by atoms with Crippen LogP contribution in [-0.4, -0.2) is 71.3 Å². The molecule has 13 heteroatoms. The average Bonchev–Trinajstić information content (AvgIpc) is 3.09. The Morgan fingerprint density at radius 2 is 2.19 bits per heavy atom. The van der Waals surface area contributed by atoms with Crippen LogP contribution in [0.3, 0.4) is 0 Å². The van der Waals surface area contributed by atoms with Crippen LogP contribution in [0.25, 0.3) is 11.2 Å². The highest BCUT2D eigenvalue weighted by atomic mass is 35.5. The molecule has 2 aliphatic rings. The van der Waals surface area contributed by atoms with Crippen molar-refractivity contribution in [1.82, 2.24) is 19.5 Å². The molecular formula is C14H19ClN5O6P. The van der Waals surface area contributed by atoms with Crippen LogP contribution in [0.2, 0.25) is 5.28 Å². The third kappa shape index (κ3) is 2.94. The molecule has 2 aromatic rings. The van der Waals surface area contributed by atoms with Crippen LogP contribution >= 0.6 is 19.2 Å². The fraction of sp³-hybridized carbons (Fsp3) is 0.643. The molecule has 0 spiro atoms. The maximum Gasteiger partial charge on any atom is 0.330 e. The van der Waals surface area contributed by atoms with E-state index in [1.807, 2.05) is 0 Å². The summed E-state index contributed by atoms with van der Waals surface area (Å²) in [7, 11) is -3.96. The van der Waals surface area contributed by atoms with E-state index in [2.05, 4.69) is 15.0 Å². The van der Waals surface area contributed by atoms with Gasteiger partial charge in [0, 0.05) is 5.41 Å². The number of nitrogen functional groups attached to an aromatic ring is 1. The van der Waals surface area contributed by atoms with Gasteiger partial charge in [0.25, 0.3) is 0 Å². The van der Waals surface area contributed by atoms with Crippen molar-refractivity contribution in [3.05, 3.63) is 11.6 Å². The molecule has 0 amide bonds. The zero-order valence-corrected chi connectivity index (χ0v) is 15.7. The summed E-state index contributed by atoms with van der Waals surface area (Å²) in [6, 6.07) is -0.574. The molecule has 2 heterocycles. The van der Waals surface area contributed by atoms with Gasteiger partial charge >= 0.3 is 7.60 Å². The van der Waals surface area contributed by atoms with Gasteiger partial charge in [-0.25, -0.2) is 4.98 Å². The van der Waals surface area contributed by atoms with E-state index in [0.717, 1.165) is 0 Å². The Balaban J connectivity index is 1.63. The molecule has 11 nitrogen and oxygen atoms in total. The van der Waals surface area contributed by atoms with Gasteiger partial charge in [0.05, 0.1) is 37.8 Å². The number of nitrogens with zero attached hydrogens (tertiary/aromatic N) is 4. The summed E-state index contributed by atoms with van der Waals surface area (Å²) >= 11 is 5.87. The summed E-state index contributed by atoms with van der Waals surface area (Å²) < 4.78 is 18.5. The van der Waals surface area contributed by atoms with Gasteiger partial charge in [-0.3, -0.25) is 4.57 Å². The molecule has 0 radical (unpaired) electrons. The monoisotopic (exact) mass is 419 g/mol. The predicted molar refractivity (Wildman–Crippen MR) is 94.1 cm³/mol. The Labute approximate surface area is 158 Å². The van der Waals surface area contributed by atoms with E-state index < -0.39 is 44.0 Å². The second kappa shape index (κ2) is 6.35. The molecule has 2 saturated carbocycles. The molecular weight excluding hydrogens is 401 g/mol. The van der Waals surface area contributed by atoms with Crippen molar-refractivity contribution < 1.29 is 29.3 Å². The first kappa shape index (κ1) is 19.0. The molecule has 1 unspecified atom stereocenters. The summed E-state index contributed by atoms with van der Waals surface area (Å²) in [6.45, 7) is -0.689. The van der Waals surface area contributed by atoms with Gasteiger partial charge in [-0.15, -0.1) is 0 Å². The number of aliphatic hydroxyl groups excluding tert-OH is 3. The Hall–Kier alpha value is -1.33. The molecule has 27 heavy (non-hydrogen) atoms. The van der Waals surface area contributed by atoms with Gasteiger partial charge in [0.2, 0.25) is 5.28 Å². The molecule has 2 aliphatic carbocycles. The van der Waals surface area contributed by atoms with Crippen LogP contribution in [-0.2, 0) is 9.09 Å². The quantitative estimate of drug-likeness (QED) is 0.304. The lowest BCUT2D eigenvalue weighted by atomic mass is 10.0. The van der Waals surface area contributed by atoms with Crippen molar-refractivity contribution in [3.63, 3.8) is 0 Å². The third-order valence-corrected chi connectivity index (χ3v) is 6.98. The highest BCUT2D eigenvalue weighted by Crippen LogP contribution is 2.68. The van der Waals surface area contributed by atoms with Crippen LogP contribution in [0.1, 0.15) is 12.5 Å². The zero-order chi connectivity index (χ0) is 19.6. The van der Waals surface area contributed by atoms with Gasteiger partial charge in [-0.05, 0) is 23.9 Å². The number of anilines is 1. The summed E-state index contributed by atoms with van der Waals surface area (Å²) in [5, 5.41) is 29.9. The average molecular weight is 420 g/mol. The molecule has 0 saturated heterocycles. The number of aliphatic hydroxyl groups is 3. The first-order valence-corrected chi connectivity index (χ1v) is 10.4. The minimum atomic E-state index is -3.96. The number of hydrogen-bond donors (Lipinski definition) is 5. The van der Waals surface area contributed by atoms with Crippen molar-refractivity contribution in [1.29, 1.82) is 0 Å². The SMILES string of the molecule is Nc1nc(Cl)nc2c1ncn2[C@H]1[C@H](O)[C@H](O)[C@]2(COP(=O)(O)CCO)C[C@H]12. The molecule has 6 atom stereocenters. The fourth-order valence-corrected chi connectivity index (χ4v) is 5.06. The van der Waals surface area contributed by atoms with Gasteiger partial charge in [0.15, 0.2) is 11.5 Å². The number of nitrogens with two attached hydrogens (primary N) is 1. The molecule has 6 N–H and O–H groups in total. The second-order valence-corrected chi connectivity index (χ2v) is 9.35. The Morgan fingerprint density at radius 1 is 1.44 bits per heavy atom. The minimum Gasteiger partial charge on any atom is -0.396 e. The Bertz CT molecular complexity index is 942. The lowest BCUT2D eigenvalue weighted by Gasteiger charge is -2.24. The number of hydrogen-bond acceptors (Lipinski definition) is 9. The van der Waals surface area contributed by atoms with Crippen molar-refractivity contribution in [2.75, 3.05) is 25.1 Å². The standard InChI is InChI=1S/C14H19ClN5O6P/c15-13-18-11(16)7-12(19-13)20(5-17-7)8-6-3-14(6,10(23)9(8)22)4-26-27(24,25)2-1-21/h5-6,8-10,21-23H,1-4H2,(H,24,25)(H2,16,18,19)/t6-,8-,9+,10+,14+/m1/s1. The molecule has 0 aliphatic heterocycles. The highest BCUT2D eigenvalue weighted by Gasteiger charge is 2.72. The molecule has 2 fully saturated rings. The van der Waals surface area contributed by atoms with E-state index in [1.165, 1.54) is 6.33 Å². The van der Waals surface area contributed by atoms with Crippen molar-refractivity contribution in [3.8, 4) is 0 Å². The number of imidazole rings is 1. The largest absolute Gasteiger partial charge is 0.396 e. The first-order chi connectivity index (χ1) is 12.7. The normalized spacial score (nSPS) is 34.6. The van der Waals surface area contributed by atoms with Crippen molar-refractivity contribution in [2.45, 2.75) is 24.7 Å². The van der Waals surface area contributed by atoms with Gasteiger partial charge < -0.3 is 35.0 Å². The summed E-state index contributed by atoms with van der Waals surface area (Å²) in [4.78, 5) is 21.8. The lowest BCUT2D eigenvalue weighted by Crippen LogP contribution is -2.36. The van der Waals surface area contributed by atoms with Crippen LogP contribution in [0.5, 0.6) is 0 Å². The Kier molecular flexibility index (Phi) is 4.47. The van der Waals surface area contributed by atoms with Gasteiger partial charge in [-0.2, -0.15) is 9.97 Å². The summed E-state index contributed by atoms with van der Waals surface area (Å²) in [5.41, 5.74) is 5.62. The summed E-state index contributed by atoms with van der Waals surface area (Å²) in [6.07, 6.45) is -0.770. The number of aromatic nitrogens is 4. The number of fused-ring (bicyclic) bond motifs is 2. The Morgan fingerprint density at radius 3 is 2.89 bits per heavy atom. The molecule has 4 rings (SSSR count). The van der Waals surface area contributed by atoms with E-state index in [0.29, 0.717) is 17.6 Å². The fourth-order valence-electron chi connectivity index (χ4n) is 4.07. The molecule has 0 aromatic carbocycles. The van der Waals surface area contributed by atoms with Crippen molar-refractivity contribution >= 4 is 36.2 Å². The molecule has 2 aromatic heterocycles. The van der Waals surface area contributed by atoms with E-state index in [1.54, 1.807) is 4.57 Å². The third-order valence-electron chi connectivity index (χ3n) is 5.51. The smallest absolute Gasteiger partial charge is 0.330 e. The second-order valence-electron chi connectivity index (χ2n) is 7.03. The first-order valence-electron chi connectivity index (χ1n) is 8.29. The van der Waals surface area contributed by atoms with Crippen LogP contribution in [0, 0.1) is 11.3 Å². The summed E-state index contributed by atoms with van der Waals surface area (Å²) in [5.74, 6) is -0.114. The molecule has 148 valence electrons. The predicted octanol–water partition coefficient (Wildman–Crippen LogP) is -0.461. The van der Waals surface area contributed by atoms with E-state index in [-0.39, 0.29) is 23.6 Å². The van der Waals surface area contributed by atoms with Crippen LogP contribution in [0.4, 0.5) is 5.82 Å². The number of rotatable bonds is 6. The van der Waals surface area contributed by atoms with E-state index >= 15 is 0 Å².